The van der Waals surface area contributed by atoms with Gasteiger partial charge in [-0.15, -0.1) is 6.42 Å². The molecule has 84 heavy (non-hydrogen) atoms. The highest BCUT2D eigenvalue weighted by Crippen LogP contribution is 2.31. The first-order chi connectivity index (χ1) is 40.9. The number of fused-ring (bicyclic) bond motifs is 3. The molecule has 0 aliphatic rings. The number of benzene rings is 10. The molecule has 3 atom stereocenters. The molecule has 414 valence electrons. The molecule has 11 heteroatoms. The Balaban J connectivity index is 0.759. The maximum Gasteiger partial charge on any atom is 0.338 e. The molecule has 11 nitrogen and oxygen atoms in total. The van der Waals surface area contributed by atoms with Crippen molar-refractivity contribution in [1.82, 2.24) is 0 Å². The van der Waals surface area contributed by atoms with Gasteiger partial charge in [0.2, 0.25) is 0 Å². The minimum absolute atomic E-state index is 0.00852. The molecule has 0 aromatic heterocycles. The molecule has 10 aromatic carbocycles. The molecule has 0 aliphatic carbocycles. The van der Waals surface area contributed by atoms with Gasteiger partial charge in [0.25, 0.3) is 0 Å². The zero-order chi connectivity index (χ0) is 58.5. The molecule has 0 N–H and O–H groups in total. The van der Waals surface area contributed by atoms with Gasteiger partial charge < -0.3 is 28.4 Å². The van der Waals surface area contributed by atoms with Crippen LogP contribution < -0.4 is 14.2 Å². The van der Waals surface area contributed by atoms with Gasteiger partial charge in [0, 0.05) is 23.3 Å². The van der Waals surface area contributed by atoms with Gasteiger partial charge in [0.1, 0.15) is 17.2 Å². The van der Waals surface area contributed by atoms with Crippen molar-refractivity contribution in [1.29, 1.82) is 10.5 Å². The first-order valence-electron chi connectivity index (χ1n) is 27.6. The molecule has 10 aromatic rings. The van der Waals surface area contributed by atoms with E-state index in [1.165, 1.54) is 18.2 Å². The van der Waals surface area contributed by atoms with Crippen LogP contribution in [0.2, 0.25) is 0 Å². The summed E-state index contributed by atoms with van der Waals surface area (Å²) in [5.74, 6) is 1.69. The number of hydrogen-bond acceptors (Lipinski definition) is 11. The molecular formula is C73H58N2O9. The second-order valence-corrected chi connectivity index (χ2v) is 21.1. The molecule has 0 fully saturated rings. The summed E-state index contributed by atoms with van der Waals surface area (Å²) >= 11 is 0. The van der Waals surface area contributed by atoms with Crippen LogP contribution >= 0.6 is 0 Å². The number of nitrogens with zero attached hydrogens (tertiary/aromatic N) is 2. The van der Waals surface area contributed by atoms with Gasteiger partial charge in [-0.3, -0.25) is 0 Å². The van der Waals surface area contributed by atoms with Gasteiger partial charge in [0.05, 0.1) is 79.6 Å². The summed E-state index contributed by atoms with van der Waals surface area (Å²) in [5.41, 5.74) is 8.16. The van der Waals surface area contributed by atoms with E-state index in [0.29, 0.717) is 28.4 Å². The van der Waals surface area contributed by atoms with E-state index in [2.05, 4.69) is 42.3 Å². The molecule has 0 spiro atoms. The smallest absolute Gasteiger partial charge is 0.338 e. The maximum atomic E-state index is 13.8. The Bertz CT molecular complexity index is 3750. The van der Waals surface area contributed by atoms with Crippen molar-refractivity contribution in [3.63, 3.8) is 0 Å². The molecule has 10 rings (SSSR count). The van der Waals surface area contributed by atoms with Crippen LogP contribution in [-0.4, -0.2) is 57.5 Å². The van der Waals surface area contributed by atoms with Crippen LogP contribution in [0.4, 0.5) is 0 Å². The molecular weight excluding hydrogens is 1050 g/mol. The van der Waals surface area contributed by atoms with Crippen LogP contribution in [0.25, 0.3) is 65.7 Å². The van der Waals surface area contributed by atoms with E-state index in [1.807, 2.05) is 154 Å². The fourth-order valence-corrected chi connectivity index (χ4v) is 9.46. The summed E-state index contributed by atoms with van der Waals surface area (Å²) in [6.07, 6.45) is 5.54. The van der Waals surface area contributed by atoms with Crippen LogP contribution in [-0.2, 0) is 14.2 Å². The second-order valence-electron chi connectivity index (χ2n) is 21.1. The van der Waals surface area contributed by atoms with Crippen LogP contribution in [0, 0.1) is 52.8 Å². The average Bonchev–Trinajstić information content (AvgIpc) is 3.73. The van der Waals surface area contributed by atoms with E-state index in [0.717, 1.165) is 71.3 Å². The van der Waals surface area contributed by atoms with E-state index in [1.54, 1.807) is 24.3 Å². The van der Waals surface area contributed by atoms with Gasteiger partial charge in [-0.05, 0) is 175 Å². The van der Waals surface area contributed by atoms with Gasteiger partial charge in [-0.2, -0.15) is 10.5 Å². The fourth-order valence-electron chi connectivity index (χ4n) is 9.46. The van der Waals surface area contributed by atoms with Gasteiger partial charge in [-0.25, -0.2) is 14.4 Å². The lowest BCUT2D eigenvalue weighted by molar-refractivity contribution is 0.0411. The Labute approximate surface area is 488 Å². The molecule has 0 bridgehead atoms. The highest BCUT2D eigenvalue weighted by Gasteiger charge is 2.22. The summed E-state index contributed by atoms with van der Waals surface area (Å²) in [7, 11) is 0. The zero-order valence-electron chi connectivity index (χ0n) is 46.7. The lowest BCUT2D eigenvalue weighted by Gasteiger charge is -2.16. The summed E-state index contributed by atoms with van der Waals surface area (Å²) < 4.78 is 35.7. The third kappa shape index (κ3) is 14.3. The van der Waals surface area contributed by atoms with Crippen molar-refractivity contribution in [3.05, 3.63) is 234 Å². The van der Waals surface area contributed by atoms with Crippen molar-refractivity contribution in [2.45, 2.75) is 20.8 Å². The molecule has 0 saturated carbocycles. The number of nitriles is 2. The Kier molecular flexibility index (Phi) is 17.7. The number of hydrogen-bond donors (Lipinski definition) is 0. The third-order valence-electron chi connectivity index (χ3n) is 14.3. The minimum atomic E-state index is -0.746. The highest BCUT2D eigenvalue weighted by atomic mass is 16.5. The number of carbonyl (C=O) groups excluding carboxylic acids is 3. The normalized spacial score (nSPS) is 12.0. The van der Waals surface area contributed by atoms with Crippen molar-refractivity contribution < 1.29 is 42.8 Å². The Morgan fingerprint density at radius 2 is 0.607 bits per heavy atom. The molecule has 0 heterocycles. The second kappa shape index (κ2) is 26.3. The van der Waals surface area contributed by atoms with Gasteiger partial charge in [0.15, 0.2) is 0 Å². The lowest BCUT2D eigenvalue weighted by atomic mass is 10.0. The third-order valence-corrected chi connectivity index (χ3v) is 14.3. The predicted molar refractivity (Wildman–Crippen MR) is 327 cm³/mol. The fraction of sp³-hybridized carbons (Fsp3) is 0.164. The van der Waals surface area contributed by atoms with E-state index < -0.39 is 17.9 Å². The summed E-state index contributed by atoms with van der Waals surface area (Å²) in [4.78, 5) is 41.4. The summed E-state index contributed by atoms with van der Waals surface area (Å²) in [6.45, 7) is 6.36. The molecule has 0 saturated heterocycles. The predicted octanol–water partition coefficient (Wildman–Crippen LogP) is 15.5. The minimum Gasteiger partial charge on any atom is -0.493 e. The maximum absolute atomic E-state index is 13.8. The molecule has 0 amide bonds. The number of rotatable bonds is 21. The van der Waals surface area contributed by atoms with E-state index in [9.17, 15) is 24.9 Å². The number of ether oxygens (including phenoxy) is 6. The van der Waals surface area contributed by atoms with Crippen molar-refractivity contribution in [3.8, 4) is 75.1 Å². The Morgan fingerprint density at radius 3 is 0.893 bits per heavy atom. The Hall–Kier alpha value is -10.7. The first-order valence-corrected chi connectivity index (χ1v) is 27.6. The average molecular weight is 1110 g/mol. The van der Waals surface area contributed by atoms with Crippen molar-refractivity contribution in [2.24, 2.45) is 17.8 Å². The lowest BCUT2D eigenvalue weighted by Crippen LogP contribution is -2.21. The monoisotopic (exact) mass is 1110 g/mol. The number of esters is 3. The summed E-state index contributed by atoms with van der Waals surface area (Å²) in [5, 5.41) is 24.5. The molecule has 3 unspecified atom stereocenters. The molecule has 0 radical (unpaired) electrons. The largest absolute Gasteiger partial charge is 0.493 e. The quantitative estimate of drug-likeness (QED) is 0.0384. The topological polar surface area (TPSA) is 154 Å². The van der Waals surface area contributed by atoms with E-state index in [-0.39, 0.29) is 74.1 Å². The Morgan fingerprint density at radius 1 is 0.345 bits per heavy atom. The van der Waals surface area contributed by atoms with Gasteiger partial charge in [-0.1, -0.05) is 118 Å². The van der Waals surface area contributed by atoms with Crippen molar-refractivity contribution >= 4 is 50.2 Å². The zero-order valence-corrected chi connectivity index (χ0v) is 46.7. The van der Waals surface area contributed by atoms with E-state index >= 15 is 0 Å². The number of carbonyl (C=O) groups is 3. The molecule has 0 aliphatic heterocycles. The summed E-state index contributed by atoms with van der Waals surface area (Å²) in [6, 6.07) is 67.2. The van der Waals surface area contributed by atoms with E-state index in [4.69, 9.17) is 34.8 Å². The van der Waals surface area contributed by atoms with Crippen LogP contribution in [0.15, 0.2) is 200 Å². The van der Waals surface area contributed by atoms with Crippen LogP contribution in [0.5, 0.6) is 17.2 Å². The van der Waals surface area contributed by atoms with Crippen LogP contribution in [0.1, 0.15) is 68.5 Å². The number of terminal acetylenes is 1. The SMILES string of the molecule is C#Cc1ccc(-c2ccc3cc(OCC(C)COC(=O)c4cc(C(=O)OCC(C)COc5ccc6cc(-c7ccc(C#N)cc7)ccc6c5)cc(C(=O)OCC(C)COc5ccc6cc(-c7ccc(C#N)cc7)ccc6c5)c4)ccc3c2)cc1. The van der Waals surface area contributed by atoms with Crippen molar-refractivity contribution in [2.75, 3.05) is 39.6 Å². The van der Waals surface area contributed by atoms with Crippen LogP contribution in [0.3, 0.4) is 0 Å². The first kappa shape index (κ1) is 56.6. The standard InChI is InChI=1S/C73H58N2O9/c1-5-50-6-12-53(13-7-50)56-18-21-62-36-68(27-24-59(62)30-56)79-41-47(2)44-82-71(76)65-33-66(72(77)83-45-48(3)42-80-69-28-25-60-31-57(19-22-63(60)37-69)54-14-8-51(39-74)9-15-54)35-67(34-65)73(78)84-46-49(4)43-81-70-29-26-61-32-58(20-23-64(61)38-70)55-16-10-52(40-75)11-17-55/h1,6-38,47-49H,41-46H2,2-4H3. The highest BCUT2D eigenvalue weighted by molar-refractivity contribution is 6.00. The van der Waals surface area contributed by atoms with Gasteiger partial charge >= 0.3 is 17.9 Å².